The Bertz CT molecular complexity index is 1380. The molecule has 0 aliphatic heterocycles. The Morgan fingerprint density at radius 3 is 2.17 bits per heavy atom. The van der Waals surface area contributed by atoms with Gasteiger partial charge in [-0.3, -0.25) is 14.6 Å². The Balaban J connectivity index is 1.30. The minimum Gasteiger partial charge on any atom is -0.493 e. The van der Waals surface area contributed by atoms with Crippen molar-refractivity contribution in [3.8, 4) is 23.0 Å². The smallest absolute Gasteiger partial charge is 0.243 e. The summed E-state index contributed by atoms with van der Waals surface area (Å²) in [4.78, 5) is 31.6. The highest BCUT2D eigenvalue weighted by Gasteiger charge is 2.74. The number of hydrogen-bond acceptors (Lipinski definition) is 6. The third-order valence-corrected chi connectivity index (χ3v) is 7.78. The molecule has 4 aliphatic carbocycles. The van der Waals surface area contributed by atoms with Crippen molar-refractivity contribution in [3.63, 3.8) is 0 Å². The monoisotopic (exact) mass is 491 g/mol. The van der Waals surface area contributed by atoms with Gasteiger partial charge < -0.3 is 24.8 Å². The number of alkyl halides is 1. The number of nitrogens with zero attached hydrogens (tertiary/aromatic N) is 2. The van der Waals surface area contributed by atoms with Gasteiger partial charge in [-0.2, -0.15) is 0 Å². The number of ether oxygens (including phenoxy) is 3. The molecule has 36 heavy (non-hydrogen) atoms. The maximum atomic E-state index is 14.4. The fourth-order valence-corrected chi connectivity index (χ4v) is 5.69. The molecule has 1 heterocycles. The number of halogens is 1. The average molecular weight is 492 g/mol. The molecule has 9 heteroatoms. The Morgan fingerprint density at radius 1 is 0.972 bits per heavy atom. The van der Waals surface area contributed by atoms with E-state index in [1.165, 1.54) is 0 Å². The van der Waals surface area contributed by atoms with Gasteiger partial charge in [0.05, 0.1) is 25.3 Å². The normalized spacial score (nSPS) is 24.8. The number of nitrogens with two attached hydrogens (primary N) is 1. The molecule has 0 unspecified atom stereocenters. The highest BCUT2D eigenvalue weighted by atomic mass is 19.1. The van der Waals surface area contributed by atoms with Gasteiger partial charge in [-0.05, 0) is 49.2 Å². The summed E-state index contributed by atoms with van der Waals surface area (Å²) in [5, 5.41) is 0.746. The van der Waals surface area contributed by atoms with Gasteiger partial charge in [0.2, 0.25) is 11.8 Å². The number of benzene rings is 2. The molecule has 2 amide bonds. The molecular weight excluding hydrogens is 465 g/mol. The van der Waals surface area contributed by atoms with Crippen LogP contribution in [0.15, 0.2) is 48.7 Å². The van der Waals surface area contributed by atoms with E-state index in [0.29, 0.717) is 47.0 Å². The molecule has 0 spiro atoms. The van der Waals surface area contributed by atoms with Crippen molar-refractivity contribution in [1.82, 2.24) is 4.98 Å². The van der Waals surface area contributed by atoms with E-state index in [0.717, 1.165) is 5.39 Å². The summed E-state index contributed by atoms with van der Waals surface area (Å²) in [6, 6.07) is 12.4. The summed E-state index contributed by atoms with van der Waals surface area (Å²) in [7, 11) is 3.13. The van der Waals surface area contributed by atoms with E-state index < -0.39 is 22.5 Å². The van der Waals surface area contributed by atoms with Crippen molar-refractivity contribution >= 4 is 28.4 Å². The molecular formula is C27H26FN3O5. The first kappa shape index (κ1) is 22.6. The van der Waals surface area contributed by atoms with E-state index in [9.17, 15) is 14.0 Å². The van der Waals surface area contributed by atoms with Crippen LogP contribution < -0.4 is 24.8 Å². The number of anilines is 1. The number of carbonyl (C=O) groups excluding carboxylic acids is 2. The van der Waals surface area contributed by atoms with Crippen LogP contribution in [0.1, 0.15) is 32.1 Å². The van der Waals surface area contributed by atoms with Gasteiger partial charge in [0.25, 0.3) is 0 Å². The van der Waals surface area contributed by atoms with Crippen molar-refractivity contribution in [1.29, 1.82) is 0 Å². The third kappa shape index (κ3) is 3.22. The highest BCUT2D eigenvalue weighted by molar-refractivity contribution is 6.14. The van der Waals surface area contributed by atoms with E-state index in [2.05, 4.69) is 4.98 Å². The van der Waals surface area contributed by atoms with Crippen LogP contribution in [-0.4, -0.2) is 42.2 Å². The van der Waals surface area contributed by atoms with Crippen molar-refractivity contribution < 1.29 is 28.2 Å². The summed E-state index contributed by atoms with van der Waals surface area (Å²) in [5.74, 6) is 1.30. The molecule has 186 valence electrons. The Morgan fingerprint density at radius 2 is 1.61 bits per heavy atom. The molecule has 2 aromatic carbocycles. The summed E-state index contributed by atoms with van der Waals surface area (Å²) in [5.41, 5.74) is 3.91. The fraction of sp³-hybridized carbons (Fsp3) is 0.370. The number of pyridine rings is 1. The van der Waals surface area contributed by atoms with Gasteiger partial charge in [-0.15, -0.1) is 0 Å². The fourth-order valence-electron chi connectivity index (χ4n) is 5.69. The summed E-state index contributed by atoms with van der Waals surface area (Å²) >= 11 is 0. The number of fused-ring (bicyclic) bond motifs is 1. The van der Waals surface area contributed by atoms with E-state index in [4.69, 9.17) is 19.9 Å². The van der Waals surface area contributed by atoms with E-state index >= 15 is 0 Å². The first-order chi connectivity index (χ1) is 17.2. The minimum atomic E-state index is -1.20. The highest BCUT2D eigenvalue weighted by Crippen LogP contribution is 2.67. The van der Waals surface area contributed by atoms with Crippen molar-refractivity contribution in [2.24, 2.45) is 11.1 Å². The van der Waals surface area contributed by atoms with Gasteiger partial charge in [0.1, 0.15) is 22.6 Å². The number of primary amides is 1. The molecule has 2 N–H and O–H groups in total. The first-order valence-electron chi connectivity index (χ1n) is 11.8. The third-order valence-electron chi connectivity index (χ3n) is 7.78. The maximum Gasteiger partial charge on any atom is 0.243 e. The van der Waals surface area contributed by atoms with E-state index in [1.54, 1.807) is 67.8 Å². The Hall–Kier alpha value is -3.88. The zero-order chi connectivity index (χ0) is 25.3. The zero-order valence-corrected chi connectivity index (χ0v) is 20.0. The van der Waals surface area contributed by atoms with Crippen LogP contribution in [0.4, 0.5) is 10.1 Å². The molecule has 8 nitrogen and oxygen atoms in total. The standard InChI is InChI=1S/C27H26FN3O5/c1-34-21-11-18-19(12-22(21)35-2)30-10-7-20(18)36-17-5-3-16(4-6-17)31(26-13-25(28,14-26)15-26)24(33)27(8-9-27)23(29)32/h3-7,10-12H,8-9,13-15H2,1-2H3,(H2,29,32). The maximum absolute atomic E-state index is 14.4. The Kier molecular flexibility index (Phi) is 4.74. The van der Waals surface area contributed by atoms with E-state index in [1.807, 2.05) is 0 Å². The van der Waals surface area contributed by atoms with Crippen LogP contribution in [0.2, 0.25) is 0 Å². The molecule has 0 radical (unpaired) electrons. The van der Waals surface area contributed by atoms with Crippen molar-refractivity contribution in [2.75, 3.05) is 19.1 Å². The molecule has 4 saturated carbocycles. The van der Waals surface area contributed by atoms with Crippen LogP contribution in [0, 0.1) is 5.41 Å². The van der Waals surface area contributed by atoms with Gasteiger partial charge >= 0.3 is 0 Å². The van der Waals surface area contributed by atoms with Crippen LogP contribution in [0.5, 0.6) is 23.0 Å². The number of amides is 2. The number of aromatic nitrogens is 1. The van der Waals surface area contributed by atoms with Gasteiger partial charge in [-0.1, -0.05) is 0 Å². The second-order valence-electron chi connectivity index (χ2n) is 10.1. The van der Waals surface area contributed by atoms with Crippen LogP contribution in [0.25, 0.3) is 10.9 Å². The predicted octanol–water partition coefficient (Wildman–Crippen LogP) is 4.29. The minimum absolute atomic E-state index is 0.285. The van der Waals surface area contributed by atoms with Crippen LogP contribution in [-0.2, 0) is 9.59 Å². The Labute approximate surface area is 207 Å². The number of hydrogen-bond donors (Lipinski definition) is 1. The molecule has 3 aromatic rings. The SMILES string of the molecule is COc1cc2nccc(Oc3ccc(N(C(=O)C4(C(N)=O)CC4)C45CC(F)(C4)C5)cc3)c2cc1OC. The number of methoxy groups -OCH3 is 2. The van der Waals surface area contributed by atoms with Gasteiger partial charge in [0.15, 0.2) is 11.5 Å². The second kappa shape index (κ2) is 7.56. The summed E-state index contributed by atoms with van der Waals surface area (Å²) in [6.45, 7) is 0. The zero-order valence-electron chi connectivity index (χ0n) is 20.0. The molecule has 0 atom stereocenters. The van der Waals surface area contributed by atoms with Gasteiger partial charge in [-0.25, -0.2) is 4.39 Å². The van der Waals surface area contributed by atoms with Gasteiger partial charge in [0, 0.05) is 42.6 Å². The lowest BCUT2D eigenvalue weighted by Gasteiger charge is -2.69. The number of carbonyl (C=O) groups is 2. The topological polar surface area (TPSA) is 104 Å². The van der Waals surface area contributed by atoms with Crippen molar-refractivity contribution in [2.45, 2.75) is 43.3 Å². The molecule has 1 aromatic heterocycles. The van der Waals surface area contributed by atoms with E-state index in [-0.39, 0.29) is 25.2 Å². The predicted molar refractivity (Wildman–Crippen MR) is 130 cm³/mol. The first-order valence-corrected chi connectivity index (χ1v) is 11.8. The lowest BCUT2D eigenvalue weighted by atomic mass is 9.46. The lowest BCUT2D eigenvalue weighted by Crippen LogP contribution is -2.78. The largest absolute Gasteiger partial charge is 0.493 e. The molecule has 2 bridgehead atoms. The summed E-state index contributed by atoms with van der Waals surface area (Å²) in [6.07, 6.45) is 3.36. The quantitative estimate of drug-likeness (QED) is 0.472. The average Bonchev–Trinajstić information content (AvgIpc) is 3.65. The molecule has 7 rings (SSSR count). The molecule has 0 saturated heterocycles. The molecule has 4 aliphatic rings. The van der Waals surface area contributed by atoms with Crippen molar-refractivity contribution in [3.05, 3.63) is 48.7 Å². The second-order valence-corrected chi connectivity index (χ2v) is 10.1. The van der Waals surface area contributed by atoms with Crippen LogP contribution in [0.3, 0.4) is 0 Å². The molecule has 4 fully saturated rings. The van der Waals surface area contributed by atoms with Crippen LogP contribution >= 0.6 is 0 Å². The lowest BCUT2D eigenvalue weighted by molar-refractivity contribution is -0.163. The number of rotatable bonds is 8. The summed E-state index contributed by atoms with van der Waals surface area (Å²) < 4.78 is 31.3.